The lowest BCUT2D eigenvalue weighted by Crippen LogP contribution is -2.57. The molecule has 6 nitrogen and oxygen atoms in total. The number of likely N-dealkylation sites (N-methyl/N-ethyl adjacent to an activating group) is 2. The summed E-state index contributed by atoms with van der Waals surface area (Å²) in [5.41, 5.74) is 2.99. The Hall–Kier alpha value is -1.37. The molecule has 1 aliphatic rings. The third kappa shape index (κ3) is 3.28. The molecule has 0 aliphatic heterocycles. The highest BCUT2D eigenvalue weighted by atomic mass is 35.5. The number of hydrogen-bond acceptors (Lipinski definition) is 5. The molecule has 0 spiro atoms. The van der Waals surface area contributed by atoms with E-state index in [1.165, 1.54) is 6.42 Å². The third-order valence-electron chi connectivity index (χ3n) is 4.30. The summed E-state index contributed by atoms with van der Waals surface area (Å²) in [4.78, 5) is 20.5. The summed E-state index contributed by atoms with van der Waals surface area (Å²) < 4.78 is 0. The number of rotatable bonds is 5. The molecule has 1 fully saturated rings. The first-order chi connectivity index (χ1) is 9.88. The average Bonchev–Trinajstić information content (AvgIpc) is 2.40. The predicted molar refractivity (Wildman–Crippen MR) is 84.3 cm³/mol. The summed E-state index contributed by atoms with van der Waals surface area (Å²) in [7, 11) is 5.95. The molecule has 0 aromatic carbocycles. The van der Waals surface area contributed by atoms with Crippen LogP contribution in [0, 0.1) is 0 Å². The van der Waals surface area contributed by atoms with Crippen LogP contribution in [-0.4, -0.2) is 53.9 Å². The van der Waals surface area contributed by atoms with E-state index in [1.807, 2.05) is 7.05 Å². The van der Waals surface area contributed by atoms with Gasteiger partial charge in [-0.3, -0.25) is 4.79 Å². The molecule has 0 bridgehead atoms. The van der Waals surface area contributed by atoms with Crippen LogP contribution in [0.15, 0.2) is 12.1 Å². The summed E-state index contributed by atoms with van der Waals surface area (Å²) >= 11 is 5.91. The van der Waals surface area contributed by atoms with Crippen molar-refractivity contribution in [1.82, 2.24) is 14.8 Å². The Balaban J connectivity index is 2.14. The second-order valence-electron chi connectivity index (χ2n) is 5.84. The highest BCUT2D eigenvalue weighted by molar-refractivity contribution is 6.29. The number of pyridine rings is 1. The second kappa shape index (κ2) is 6.17. The van der Waals surface area contributed by atoms with Gasteiger partial charge in [0, 0.05) is 24.7 Å². The lowest BCUT2D eigenvalue weighted by Gasteiger charge is -2.49. The Bertz CT molecular complexity index is 530. The predicted octanol–water partition coefficient (Wildman–Crippen LogP) is 1.58. The molecule has 116 valence electrons. The Morgan fingerprint density at radius 3 is 2.57 bits per heavy atom. The van der Waals surface area contributed by atoms with Gasteiger partial charge in [0.25, 0.3) is 5.91 Å². The molecule has 3 N–H and O–H groups in total. The zero-order valence-electron chi connectivity index (χ0n) is 12.7. The van der Waals surface area contributed by atoms with Crippen molar-refractivity contribution in [2.75, 3.05) is 33.1 Å². The molecule has 1 saturated carbocycles. The number of nitrogens with one attached hydrogen (secondary N) is 1. The van der Waals surface area contributed by atoms with Crippen LogP contribution in [0.25, 0.3) is 0 Å². The van der Waals surface area contributed by atoms with Crippen molar-refractivity contribution in [2.45, 2.75) is 24.8 Å². The highest BCUT2D eigenvalue weighted by Gasteiger charge is 2.40. The molecule has 0 radical (unpaired) electrons. The first-order valence-corrected chi connectivity index (χ1v) is 7.33. The average molecular weight is 312 g/mol. The molecular weight excluding hydrogens is 290 g/mol. The number of aromatic nitrogens is 1. The number of nitrogens with zero attached hydrogens (tertiary/aromatic N) is 3. The summed E-state index contributed by atoms with van der Waals surface area (Å²) in [6, 6.07) is 3.16. The van der Waals surface area contributed by atoms with E-state index >= 15 is 0 Å². The first-order valence-electron chi connectivity index (χ1n) is 6.95. The molecule has 21 heavy (non-hydrogen) atoms. The van der Waals surface area contributed by atoms with Gasteiger partial charge in [0.2, 0.25) is 0 Å². The van der Waals surface area contributed by atoms with Gasteiger partial charge in [-0.05, 0) is 45.5 Å². The number of amides is 1. The molecule has 0 saturated heterocycles. The Morgan fingerprint density at radius 2 is 2.10 bits per heavy atom. The van der Waals surface area contributed by atoms with Crippen LogP contribution in [0.3, 0.4) is 0 Å². The Kier molecular flexibility index (Phi) is 4.70. The Morgan fingerprint density at radius 1 is 1.43 bits per heavy atom. The minimum absolute atomic E-state index is 0.0797. The van der Waals surface area contributed by atoms with Crippen LogP contribution >= 0.6 is 11.6 Å². The van der Waals surface area contributed by atoms with Crippen molar-refractivity contribution in [3.8, 4) is 0 Å². The molecule has 0 atom stereocenters. The first kappa shape index (κ1) is 16.0. The Labute approximate surface area is 130 Å². The van der Waals surface area contributed by atoms with Crippen LogP contribution < -0.4 is 11.3 Å². The number of nitrogen functional groups attached to an aromatic ring is 1. The molecule has 0 unspecified atom stereocenters. The van der Waals surface area contributed by atoms with Gasteiger partial charge in [-0.1, -0.05) is 11.6 Å². The normalized spacial score (nSPS) is 16.5. The van der Waals surface area contributed by atoms with Crippen molar-refractivity contribution < 1.29 is 4.79 Å². The van der Waals surface area contributed by atoms with Gasteiger partial charge in [0.05, 0.1) is 0 Å². The van der Waals surface area contributed by atoms with Crippen LogP contribution in [0.5, 0.6) is 0 Å². The fraction of sp³-hybridized carbons (Fsp3) is 0.571. The number of hydrogen-bond donors (Lipinski definition) is 2. The fourth-order valence-corrected chi connectivity index (χ4v) is 2.97. The smallest absolute Gasteiger partial charge is 0.253 e. The fourth-order valence-electron chi connectivity index (χ4n) is 2.76. The molecule has 1 aromatic rings. The third-order valence-corrected chi connectivity index (χ3v) is 4.49. The van der Waals surface area contributed by atoms with Crippen LogP contribution in [0.1, 0.15) is 29.6 Å². The van der Waals surface area contributed by atoms with E-state index in [9.17, 15) is 4.79 Å². The van der Waals surface area contributed by atoms with E-state index in [1.54, 1.807) is 17.0 Å². The van der Waals surface area contributed by atoms with Crippen molar-refractivity contribution in [3.63, 3.8) is 0 Å². The van der Waals surface area contributed by atoms with Crippen LogP contribution in [-0.2, 0) is 0 Å². The standard InChI is InChI=1S/C14H22ClN5O/c1-19(2)14(5-4-6-14)9-20(3)13(21)10-7-11(15)17-12(8-10)18-16/h7-8H,4-6,9,16H2,1-3H3,(H,17,18). The topological polar surface area (TPSA) is 74.5 Å². The van der Waals surface area contributed by atoms with Crippen molar-refractivity contribution in [2.24, 2.45) is 5.84 Å². The molecular formula is C14H22ClN5O. The van der Waals surface area contributed by atoms with Crippen molar-refractivity contribution >= 4 is 23.3 Å². The van der Waals surface area contributed by atoms with E-state index in [4.69, 9.17) is 17.4 Å². The van der Waals surface area contributed by atoms with Crippen molar-refractivity contribution in [3.05, 3.63) is 22.8 Å². The van der Waals surface area contributed by atoms with E-state index < -0.39 is 0 Å². The van der Waals surface area contributed by atoms with Gasteiger partial charge in [0.15, 0.2) is 0 Å². The summed E-state index contributed by atoms with van der Waals surface area (Å²) in [6.07, 6.45) is 3.44. The summed E-state index contributed by atoms with van der Waals surface area (Å²) in [5, 5.41) is 0.244. The summed E-state index contributed by atoms with van der Waals surface area (Å²) in [5.74, 6) is 5.63. The van der Waals surface area contributed by atoms with E-state index in [2.05, 4.69) is 29.4 Å². The quantitative estimate of drug-likeness (QED) is 0.490. The van der Waals surface area contributed by atoms with E-state index in [-0.39, 0.29) is 16.6 Å². The number of halogens is 1. The molecule has 1 aliphatic carbocycles. The second-order valence-corrected chi connectivity index (χ2v) is 6.23. The minimum Gasteiger partial charge on any atom is -0.340 e. The van der Waals surface area contributed by atoms with Crippen LogP contribution in [0.2, 0.25) is 5.15 Å². The van der Waals surface area contributed by atoms with Crippen molar-refractivity contribution in [1.29, 1.82) is 0 Å². The molecule has 1 heterocycles. The number of carbonyl (C=O) groups excluding carboxylic acids is 1. The summed E-state index contributed by atoms with van der Waals surface area (Å²) in [6.45, 7) is 0.699. The van der Waals surface area contributed by atoms with E-state index in [0.29, 0.717) is 17.9 Å². The molecule has 1 amide bonds. The number of anilines is 1. The van der Waals surface area contributed by atoms with Gasteiger partial charge in [-0.2, -0.15) is 0 Å². The zero-order valence-corrected chi connectivity index (χ0v) is 13.4. The molecule has 1 aromatic heterocycles. The highest BCUT2D eigenvalue weighted by Crippen LogP contribution is 2.36. The number of carbonyl (C=O) groups is 1. The number of hydrazine groups is 1. The van der Waals surface area contributed by atoms with E-state index in [0.717, 1.165) is 12.8 Å². The minimum atomic E-state index is -0.0797. The zero-order chi connectivity index (χ0) is 15.6. The van der Waals surface area contributed by atoms with Gasteiger partial charge in [0.1, 0.15) is 11.0 Å². The number of nitrogens with two attached hydrogens (primary N) is 1. The molecule has 7 heteroatoms. The van der Waals surface area contributed by atoms with Crippen LogP contribution in [0.4, 0.5) is 5.82 Å². The van der Waals surface area contributed by atoms with Gasteiger partial charge < -0.3 is 15.2 Å². The lowest BCUT2D eigenvalue weighted by atomic mass is 9.75. The molecule has 2 rings (SSSR count). The monoisotopic (exact) mass is 311 g/mol. The van der Waals surface area contributed by atoms with Gasteiger partial charge in [-0.15, -0.1) is 0 Å². The lowest BCUT2D eigenvalue weighted by molar-refractivity contribution is 0.0252. The maximum absolute atomic E-state index is 12.6. The maximum Gasteiger partial charge on any atom is 0.253 e. The van der Waals surface area contributed by atoms with Gasteiger partial charge >= 0.3 is 0 Å². The largest absolute Gasteiger partial charge is 0.340 e. The van der Waals surface area contributed by atoms with Gasteiger partial charge in [-0.25, -0.2) is 10.8 Å². The SMILES string of the molecule is CN(CC1(N(C)C)CCC1)C(=O)c1cc(Cl)nc(NN)c1. The maximum atomic E-state index is 12.6.